The first kappa shape index (κ1) is 12.6. The Morgan fingerprint density at radius 1 is 1.44 bits per heavy atom. The van der Waals surface area contributed by atoms with Gasteiger partial charge < -0.3 is 10.7 Å². The van der Waals surface area contributed by atoms with Crippen molar-refractivity contribution in [2.24, 2.45) is 0 Å². The van der Waals surface area contributed by atoms with Crippen LogP contribution in [0.3, 0.4) is 0 Å². The van der Waals surface area contributed by atoms with Gasteiger partial charge >= 0.3 is 0 Å². The van der Waals surface area contributed by atoms with Gasteiger partial charge in [-0.05, 0) is 12.8 Å². The maximum Gasteiger partial charge on any atom is 0.271 e. The molecule has 2 aromatic heterocycles. The Labute approximate surface area is 109 Å². The van der Waals surface area contributed by atoms with E-state index in [-0.39, 0.29) is 5.02 Å². The third kappa shape index (κ3) is 1.88. The van der Waals surface area contributed by atoms with Crippen LogP contribution in [0.1, 0.15) is 25.2 Å². The summed E-state index contributed by atoms with van der Waals surface area (Å²) in [6.07, 6.45) is 2.70. The first-order chi connectivity index (χ1) is 8.60. The summed E-state index contributed by atoms with van der Waals surface area (Å²) >= 11 is 5.95. The van der Waals surface area contributed by atoms with Crippen LogP contribution < -0.4 is 11.3 Å². The van der Waals surface area contributed by atoms with Crippen LogP contribution in [0.25, 0.3) is 5.82 Å². The van der Waals surface area contributed by atoms with Crippen LogP contribution in [0.5, 0.6) is 0 Å². The molecular formula is C11H14ClN5O. The first-order valence-electron chi connectivity index (χ1n) is 5.69. The maximum atomic E-state index is 11.5. The second-order valence-corrected chi connectivity index (χ2v) is 4.17. The van der Waals surface area contributed by atoms with Gasteiger partial charge in [0.2, 0.25) is 0 Å². The molecule has 0 spiro atoms. The van der Waals surface area contributed by atoms with E-state index in [1.165, 1.54) is 6.33 Å². The third-order valence-electron chi connectivity index (χ3n) is 2.75. The number of anilines is 1. The van der Waals surface area contributed by atoms with Crippen molar-refractivity contribution in [3.05, 3.63) is 33.1 Å². The molecule has 0 amide bonds. The van der Waals surface area contributed by atoms with Gasteiger partial charge in [0.05, 0.1) is 23.4 Å². The zero-order valence-electron chi connectivity index (χ0n) is 10.2. The van der Waals surface area contributed by atoms with Crippen LogP contribution in [0, 0.1) is 0 Å². The largest absolute Gasteiger partial charge is 0.396 e. The summed E-state index contributed by atoms with van der Waals surface area (Å²) in [7, 11) is 0. The second kappa shape index (κ2) is 4.81. The highest BCUT2D eigenvalue weighted by molar-refractivity contribution is 6.31. The normalized spacial score (nSPS) is 10.8. The number of halogens is 1. The molecule has 0 aliphatic rings. The number of hydrogen-bond donors (Lipinski definition) is 2. The van der Waals surface area contributed by atoms with Crippen molar-refractivity contribution < 1.29 is 0 Å². The monoisotopic (exact) mass is 267 g/mol. The van der Waals surface area contributed by atoms with Crippen molar-refractivity contribution in [2.75, 3.05) is 5.73 Å². The molecule has 0 fully saturated rings. The lowest BCUT2D eigenvalue weighted by atomic mass is 10.2. The van der Waals surface area contributed by atoms with E-state index in [0.717, 1.165) is 11.4 Å². The van der Waals surface area contributed by atoms with Crippen LogP contribution in [0.15, 0.2) is 11.1 Å². The van der Waals surface area contributed by atoms with E-state index in [9.17, 15) is 4.79 Å². The van der Waals surface area contributed by atoms with Gasteiger partial charge in [0.25, 0.3) is 5.56 Å². The lowest BCUT2D eigenvalue weighted by Gasteiger charge is -2.05. The number of rotatable bonds is 3. The number of nitrogens with one attached hydrogen (secondary N) is 1. The molecule has 0 unspecified atom stereocenters. The third-order valence-corrected chi connectivity index (χ3v) is 3.09. The van der Waals surface area contributed by atoms with Gasteiger partial charge in [0.1, 0.15) is 0 Å². The molecule has 0 aromatic carbocycles. The minimum absolute atomic E-state index is 0.0114. The van der Waals surface area contributed by atoms with Crippen molar-refractivity contribution in [3.8, 4) is 5.82 Å². The van der Waals surface area contributed by atoms with Crippen molar-refractivity contribution in [1.82, 2.24) is 19.7 Å². The Hall–Kier alpha value is -1.82. The molecule has 0 aliphatic carbocycles. The predicted octanol–water partition coefficient (Wildman–Crippen LogP) is 1.32. The fourth-order valence-electron chi connectivity index (χ4n) is 1.81. The molecule has 0 atom stereocenters. The van der Waals surface area contributed by atoms with Gasteiger partial charge in [-0.3, -0.25) is 4.79 Å². The summed E-state index contributed by atoms with van der Waals surface area (Å²) < 4.78 is 1.55. The minimum atomic E-state index is -0.393. The fraction of sp³-hybridized carbons (Fsp3) is 0.364. The lowest BCUT2D eigenvalue weighted by Crippen LogP contribution is -2.14. The number of nitrogens with two attached hydrogens (primary N) is 1. The molecule has 2 heterocycles. The van der Waals surface area contributed by atoms with Gasteiger partial charge in [0.15, 0.2) is 10.8 Å². The van der Waals surface area contributed by atoms with Crippen molar-refractivity contribution in [2.45, 2.75) is 26.7 Å². The van der Waals surface area contributed by atoms with Gasteiger partial charge in [-0.2, -0.15) is 5.10 Å². The first-order valence-corrected chi connectivity index (χ1v) is 6.07. The summed E-state index contributed by atoms with van der Waals surface area (Å²) in [4.78, 5) is 17.9. The van der Waals surface area contributed by atoms with Crippen LogP contribution >= 0.6 is 11.6 Å². The van der Waals surface area contributed by atoms with Gasteiger partial charge in [-0.25, -0.2) is 9.67 Å². The molecule has 2 rings (SSSR count). The smallest absolute Gasteiger partial charge is 0.271 e. The van der Waals surface area contributed by atoms with E-state index in [0.29, 0.717) is 24.3 Å². The average molecular weight is 268 g/mol. The van der Waals surface area contributed by atoms with Gasteiger partial charge in [-0.1, -0.05) is 25.4 Å². The Morgan fingerprint density at radius 3 is 2.78 bits per heavy atom. The molecule has 0 aliphatic heterocycles. The van der Waals surface area contributed by atoms with E-state index in [2.05, 4.69) is 15.1 Å². The molecule has 18 heavy (non-hydrogen) atoms. The maximum absolute atomic E-state index is 11.5. The molecule has 6 nitrogen and oxygen atoms in total. The highest BCUT2D eigenvalue weighted by Gasteiger charge is 2.17. The fourth-order valence-corrected chi connectivity index (χ4v) is 2.00. The van der Waals surface area contributed by atoms with Crippen molar-refractivity contribution >= 4 is 17.3 Å². The minimum Gasteiger partial charge on any atom is -0.396 e. The van der Waals surface area contributed by atoms with Crippen LogP contribution in [-0.2, 0) is 12.8 Å². The van der Waals surface area contributed by atoms with E-state index in [1.54, 1.807) is 4.68 Å². The lowest BCUT2D eigenvalue weighted by molar-refractivity contribution is 0.766. The number of nitrogen functional groups attached to an aromatic ring is 1. The Morgan fingerprint density at radius 2 is 2.17 bits per heavy atom. The average Bonchev–Trinajstić information content (AvgIpc) is 2.69. The SMILES string of the molecule is CCc1nn(-c2nc[nH]c(=O)c2Cl)c(CC)c1N. The summed E-state index contributed by atoms with van der Waals surface area (Å²) in [5.74, 6) is 0.309. The zero-order chi connectivity index (χ0) is 13.3. The highest BCUT2D eigenvalue weighted by Crippen LogP contribution is 2.23. The zero-order valence-corrected chi connectivity index (χ0v) is 11.0. The Kier molecular flexibility index (Phi) is 3.38. The molecule has 2 aromatic rings. The second-order valence-electron chi connectivity index (χ2n) is 3.80. The molecule has 0 radical (unpaired) electrons. The number of aromatic nitrogens is 4. The topological polar surface area (TPSA) is 89.6 Å². The molecule has 96 valence electrons. The van der Waals surface area contributed by atoms with Crippen LogP contribution in [0.4, 0.5) is 5.69 Å². The molecular weight excluding hydrogens is 254 g/mol. The number of H-pyrrole nitrogens is 1. The van der Waals surface area contributed by atoms with E-state index >= 15 is 0 Å². The summed E-state index contributed by atoms with van der Waals surface area (Å²) in [6, 6.07) is 0. The van der Waals surface area contributed by atoms with Crippen molar-refractivity contribution in [3.63, 3.8) is 0 Å². The predicted molar refractivity (Wildman–Crippen MR) is 70.2 cm³/mol. The quantitative estimate of drug-likeness (QED) is 0.878. The summed E-state index contributed by atoms with van der Waals surface area (Å²) in [6.45, 7) is 3.93. The molecule has 7 heteroatoms. The van der Waals surface area contributed by atoms with Crippen LogP contribution in [0.2, 0.25) is 5.02 Å². The highest BCUT2D eigenvalue weighted by atomic mass is 35.5. The molecule has 3 N–H and O–H groups in total. The van der Waals surface area contributed by atoms with Gasteiger partial charge in [0, 0.05) is 0 Å². The number of aromatic amines is 1. The van der Waals surface area contributed by atoms with Gasteiger partial charge in [-0.15, -0.1) is 0 Å². The Bertz CT molecular complexity index is 631. The number of nitrogens with zero attached hydrogens (tertiary/aromatic N) is 3. The van der Waals surface area contributed by atoms with E-state index < -0.39 is 5.56 Å². The van der Waals surface area contributed by atoms with E-state index in [4.69, 9.17) is 17.3 Å². The number of aryl methyl sites for hydroxylation is 1. The molecule has 0 bridgehead atoms. The van der Waals surface area contributed by atoms with E-state index in [1.807, 2.05) is 13.8 Å². The van der Waals surface area contributed by atoms with Crippen LogP contribution in [-0.4, -0.2) is 19.7 Å². The molecule has 0 saturated heterocycles. The summed E-state index contributed by atoms with van der Waals surface area (Å²) in [5.41, 5.74) is 7.85. The standard InChI is InChI=1S/C11H14ClN5O/c1-3-6-9(13)7(4-2)17(16-6)10-8(12)11(18)15-5-14-10/h5H,3-4,13H2,1-2H3,(H,14,15,18). The number of hydrogen-bond acceptors (Lipinski definition) is 4. The molecule has 0 saturated carbocycles. The summed E-state index contributed by atoms with van der Waals surface area (Å²) in [5, 5.41) is 4.37. The Balaban J connectivity index is 2.71. The van der Waals surface area contributed by atoms with Crippen molar-refractivity contribution in [1.29, 1.82) is 0 Å².